The molecule has 2 rings (SSSR count). The summed E-state index contributed by atoms with van der Waals surface area (Å²) in [5.41, 5.74) is 3.01. The summed E-state index contributed by atoms with van der Waals surface area (Å²) in [6, 6.07) is 5.88. The number of nitrogens with one attached hydrogen (secondary N) is 2. The Morgan fingerprint density at radius 2 is 2.24 bits per heavy atom. The van der Waals surface area contributed by atoms with Gasteiger partial charge < -0.3 is 15.7 Å². The zero-order valence-corrected chi connectivity index (χ0v) is 12.5. The third-order valence-corrected chi connectivity index (χ3v) is 3.73. The number of fused-ring (bicyclic) bond motifs is 1. The minimum atomic E-state index is -0.809. The van der Waals surface area contributed by atoms with Crippen LogP contribution < -0.4 is 10.6 Å². The predicted octanol–water partition coefficient (Wildman–Crippen LogP) is 2.07. The third-order valence-electron chi connectivity index (χ3n) is 3.73. The van der Waals surface area contributed by atoms with Crippen molar-refractivity contribution < 1.29 is 14.7 Å². The predicted molar refractivity (Wildman–Crippen MR) is 81.9 cm³/mol. The van der Waals surface area contributed by atoms with E-state index in [-0.39, 0.29) is 18.2 Å². The van der Waals surface area contributed by atoms with Crippen molar-refractivity contribution in [2.45, 2.75) is 45.2 Å². The molecule has 3 N–H and O–H groups in total. The van der Waals surface area contributed by atoms with Crippen molar-refractivity contribution >= 4 is 17.4 Å². The highest BCUT2D eigenvalue weighted by Gasteiger charge is 2.20. The van der Waals surface area contributed by atoms with E-state index in [1.54, 1.807) is 0 Å². The second-order valence-electron chi connectivity index (χ2n) is 5.66. The van der Waals surface area contributed by atoms with Crippen LogP contribution in [-0.4, -0.2) is 35.5 Å². The topological polar surface area (TPSA) is 78.4 Å². The molecule has 0 bridgehead atoms. The molecule has 2 unspecified atom stereocenters. The van der Waals surface area contributed by atoms with E-state index in [1.165, 1.54) is 5.56 Å². The summed E-state index contributed by atoms with van der Waals surface area (Å²) in [6.45, 7) is 4.47. The highest BCUT2D eigenvalue weighted by atomic mass is 16.4. The molecule has 0 amide bonds. The molecular weight excluding hydrogens is 268 g/mol. The van der Waals surface area contributed by atoms with Gasteiger partial charge in [0.25, 0.3) is 0 Å². The Kier molecular flexibility index (Phi) is 4.96. The minimum absolute atomic E-state index is 0.0488. The van der Waals surface area contributed by atoms with Gasteiger partial charge in [-0.25, -0.2) is 0 Å². The summed E-state index contributed by atoms with van der Waals surface area (Å²) in [4.78, 5) is 22.8. The van der Waals surface area contributed by atoms with Crippen LogP contribution in [-0.2, 0) is 11.2 Å². The van der Waals surface area contributed by atoms with E-state index in [0.717, 1.165) is 12.1 Å². The van der Waals surface area contributed by atoms with Crippen molar-refractivity contribution in [3.8, 4) is 0 Å². The van der Waals surface area contributed by atoms with Gasteiger partial charge in [0.1, 0.15) is 0 Å². The van der Waals surface area contributed by atoms with Gasteiger partial charge in [-0.1, -0.05) is 0 Å². The molecule has 114 valence electrons. The first kappa shape index (κ1) is 15.5. The number of Topliss-reactive ketones (excluding diaryl/α,β-unsaturated/α-hetero) is 1. The zero-order chi connectivity index (χ0) is 15.4. The number of hydrogen-bond donors (Lipinski definition) is 3. The Hall–Kier alpha value is -1.88. The van der Waals surface area contributed by atoms with Gasteiger partial charge in [-0.15, -0.1) is 0 Å². The van der Waals surface area contributed by atoms with Crippen LogP contribution in [0.2, 0.25) is 0 Å². The number of hydrogen-bond acceptors (Lipinski definition) is 4. The van der Waals surface area contributed by atoms with Gasteiger partial charge >= 0.3 is 5.97 Å². The number of carboxylic acid groups (broad SMARTS) is 1. The molecule has 1 aliphatic heterocycles. The van der Waals surface area contributed by atoms with E-state index >= 15 is 0 Å². The normalized spacial score (nSPS) is 17.9. The lowest BCUT2D eigenvalue weighted by atomic mass is 10.0. The van der Waals surface area contributed by atoms with Crippen LogP contribution >= 0.6 is 0 Å². The van der Waals surface area contributed by atoms with E-state index in [0.29, 0.717) is 24.6 Å². The number of ketones is 1. The van der Waals surface area contributed by atoms with Crippen LogP contribution in [0.15, 0.2) is 18.2 Å². The number of benzene rings is 1. The van der Waals surface area contributed by atoms with Gasteiger partial charge in [0.15, 0.2) is 5.78 Å². The fraction of sp³-hybridized carbons (Fsp3) is 0.500. The molecule has 1 aromatic carbocycles. The second-order valence-corrected chi connectivity index (χ2v) is 5.66. The lowest BCUT2D eigenvalue weighted by molar-refractivity contribution is -0.137. The smallest absolute Gasteiger partial charge is 0.303 e. The average Bonchev–Trinajstić information content (AvgIpc) is 2.81. The molecule has 0 aliphatic carbocycles. The Morgan fingerprint density at radius 1 is 1.48 bits per heavy atom. The standard InChI is InChI=1S/C16H22N2O3/c1-10-8-13-9-12(5-6-14(13)18-10)16(21)11(2)17-7-3-4-15(19)20/h5-6,9-11,17-18H,3-4,7-8H2,1-2H3,(H,19,20). The molecule has 2 atom stereocenters. The van der Waals surface area contributed by atoms with Gasteiger partial charge in [0, 0.05) is 23.7 Å². The molecule has 5 nitrogen and oxygen atoms in total. The Labute approximate surface area is 124 Å². The first-order valence-electron chi connectivity index (χ1n) is 7.36. The van der Waals surface area contributed by atoms with Crippen LogP contribution in [0.4, 0.5) is 5.69 Å². The van der Waals surface area contributed by atoms with Crippen molar-refractivity contribution in [1.29, 1.82) is 0 Å². The summed E-state index contributed by atoms with van der Waals surface area (Å²) in [5, 5.41) is 15.0. The molecule has 0 spiro atoms. The Bertz CT molecular complexity index is 542. The molecule has 0 radical (unpaired) electrons. The van der Waals surface area contributed by atoms with Crippen molar-refractivity contribution in [2.24, 2.45) is 0 Å². The lowest BCUT2D eigenvalue weighted by Gasteiger charge is -2.13. The molecule has 1 aromatic rings. The minimum Gasteiger partial charge on any atom is -0.481 e. The number of carbonyl (C=O) groups is 2. The van der Waals surface area contributed by atoms with Gasteiger partial charge in [0.2, 0.25) is 0 Å². The number of anilines is 1. The number of aliphatic carboxylic acids is 1. The SMILES string of the molecule is CC1Cc2cc(C(=O)C(C)NCCCC(=O)O)ccc2N1. The van der Waals surface area contributed by atoms with E-state index in [9.17, 15) is 9.59 Å². The maximum Gasteiger partial charge on any atom is 0.303 e. The molecule has 0 saturated carbocycles. The van der Waals surface area contributed by atoms with Crippen LogP contribution in [0, 0.1) is 0 Å². The fourth-order valence-electron chi connectivity index (χ4n) is 2.60. The summed E-state index contributed by atoms with van der Waals surface area (Å²) in [7, 11) is 0. The van der Waals surface area contributed by atoms with E-state index in [4.69, 9.17) is 5.11 Å². The maximum absolute atomic E-state index is 12.4. The summed E-state index contributed by atoms with van der Waals surface area (Å²) >= 11 is 0. The van der Waals surface area contributed by atoms with Crippen molar-refractivity contribution in [3.63, 3.8) is 0 Å². The van der Waals surface area contributed by atoms with Crippen LogP contribution in [0.25, 0.3) is 0 Å². The Balaban J connectivity index is 1.91. The van der Waals surface area contributed by atoms with E-state index < -0.39 is 5.97 Å². The van der Waals surface area contributed by atoms with Crippen LogP contribution in [0.3, 0.4) is 0 Å². The highest BCUT2D eigenvalue weighted by Crippen LogP contribution is 2.26. The third kappa shape index (κ3) is 4.04. The van der Waals surface area contributed by atoms with Crippen LogP contribution in [0.5, 0.6) is 0 Å². The van der Waals surface area contributed by atoms with Crippen molar-refractivity contribution in [3.05, 3.63) is 29.3 Å². The number of carbonyl (C=O) groups excluding carboxylic acids is 1. The summed E-state index contributed by atoms with van der Waals surface area (Å²) in [6.07, 6.45) is 1.59. The molecule has 0 aromatic heterocycles. The molecular formula is C16H22N2O3. The van der Waals surface area contributed by atoms with Gasteiger partial charge in [-0.05, 0) is 57.0 Å². The van der Waals surface area contributed by atoms with Gasteiger partial charge in [-0.2, -0.15) is 0 Å². The molecule has 1 aliphatic rings. The zero-order valence-electron chi connectivity index (χ0n) is 12.5. The van der Waals surface area contributed by atoms with Gasteiger partial charge in [-0.3, -0.25) is 9.59 Å². The van der Waals surface area contributed by atoms with Crippen molar-refractivity contribution in [1.82, 2.24) is 5.32 Å². The number of rotatable bonds is 7. The fourth-order valence-corrected chi connectivity index (χ4v) is 2.60. The van der Waals surface area contributed by atoms with E-state index in [2.05, 4.69) is 17.6 Å². The quantitative estimate of drug-likeness (QED) is 0.529. The molecule has 0 saturated heterocycles. The highest BCUT2D eigenvalue weighted by molar-refractivity contribution is 6.00. The first-order valence-corrected chi connectivity index (χ1v) is 7.36. The molecule has 0 fully saturated rings. The largest absolute Gasteiger partial charge is 0.481 e. The number of carboxylic acids is 1. The monoisotopic (exact) mass is 290 g/mol. The lowest BCUT2D eigenvalue weighted by Crippen LogP contribution is -2.34. The maximum atomic E-state index is 12.4. The Morgan fingerprint density at radius 3 is 2.95 bits per heavy atom. The van der Waals surface area contributed by atoms with Crippen LogP contribution in [0.1, 0.15) is 42.6 Å². The van der Waals surface area contributed by atoms with E-state index in [1.807, 2.05) is 25.1 Å². The first-order chi connectivity index (χ1) is 9.97. The molecule has 1 heterocycles. The van der Waals surface area contributed by atoms with Crippen molar-refractivity contribution in [2.75, 3.05) is 11.9 Å². The summed E-state index contributed by atoms with van der Waals surface area (Å²) < 4.78 is 0. The summed E-state index contributed by atoms with van der Waals surface area (Å²) in [5.74, 6) is -0.760. The molecule has 5 heteroatoms. The average molecular weight is 290 g/mol. The second kappa shape index (κ2) is 6.72. The molecule has 21 heavy (non-hydrogen) atoms. The van der Waals surface area contributed by atoms with Gasteiger partial charge in [0.05, 0.1) is 6.04 Å².